The second-order valence-electron chi connectivity index (χ2n) is 5.46. The molecule has 0 fully saturated rings. The fraction of sp³-hybridized carbons (Fsp3) is 0.353. The molecule has 1 aliphatic rings. The van der Waals surface area contributed by atoms with Crippen molar-refractivity contribution in [3.05, 3.63) is 42.4 Å². The highest BCUT2D eigenvalue weighted by Crippen LogP contribution is 2.22. The van der Waals surface area contributed by atoms with Crippen LogP contribution in [0.2, 0.25) is 0 Å². The second kappa shape index (κ2) is 6.64. The van der Waals surface area contributed by atoms with Crippen LogP contribution in [0.3, 0.4) is 0 Å². The highest BCUT2D eigenvalue weighted by Gasteiger charge is 2.14. The Labute approximate surface area is 135 Å². The lowest BCUT2D eigenvalue weighted by Crippen LogP contribution is -2.20. The first-order valence-corrected chi connectivity index (χ1v) is 7.79. The number of nitrogens with zero attached hydrogens (tertiary/aromatic N) is 3. The van der Waals surface area contributed by atoms with Crippen molar-refractivity contribution >= 4 is 22.7 Å². The molecular weight excluding hydrogens is 290 g/mol. The summed E-state index contributed by atoms with van der Waals surface area (Å²) in [7, 11) is 0. The monoisotopic (exact) mass is 311 g/mol. The largest absolute Gasteiger partial charge is 0.494 e. The van der Waals surface area contributed by atoms with Gasteiger partial charge in [-0.15, -0.1) is 0 Å². The van der Waals surface area contributed by atoms with Gasteiger partial charge in [0.25, 0.3) is 0 Å². The van der Waals surface area contributed by atoms with Crippen molar-refractivity contribution in [3.63, 3.8) is 0 Å². The maximum atomic E-state index is 5.85. The van der Waals surface area contributed by atoms with Crippen LogP contribution in [-0.4, -0.2) is 34.1 Å². The quantitative estimate of drug-likeness (QED) is 0.779. The lowest BCUT2D eigenvalue weighted by Gasteiger charge is -2.20. The molecule has 120 valence electrons. The highest BCUT2D eigenvalue weighted by atomic mass is 16.5. The predicted octanol–water partition coefficient (Wildman–Crippen LogP) is 3.12. The van der Waals surface area contributed by atoms with E-state index >= 15 is 0 Å². The van der Waals surface area contributed by atoms with Gasteiger partial charge in [-0.2, -0.15) is 0 Å². The van der Waals surface area contributed by atoms with Crippen molar-refractivity contribution in [1.29, 1.82) is 0 Å². The van der Waals surface area contributed by atoms with Crippen LogP contribution in [0.25, 0.3) is 11.0 Å². The fourth-order valence-corrected chi connectivity index (χ4v) is 2.49. The zero-order valence-electron chi connectivity index (χ0n) is 13.5. The molecular formula is C17H21N5O. The third-order valence-electron chi connectivity index (χ3n) is 3.82. The van der Waals surface area contributed by atoms with Gasteiger partial charge in [-0.3, -0.25) is 0 Å². The molecule has 0 unspecified atom stereocenters. The Morgan fingerprint density at radius 3 is 3.04 bits per heavy atom. The van der Waals surface area contributed by atoms with E-state index < -0.39 is 0 Å². The molecule has 0 spiro atoms. The Balaban J connectivity index is 1.99. The average molecular weight is 311 g/mol. The van der Waals surface area contributed by atoms with Crippen LogP contribution in [0.1, 0.15) is 20.3 Å². The van der Waals surface area contributed by atoms with Crippen LogP contribution in [-0.2, 0) is 4.74 Å². The lowest BCUT2D eigenvalue weighted by atomic mass is 10.1. The molecule has 1 aliphatic heterocycles. The van der Waals surface area contributed by atoms with E-state index in [2.05, 4.69) is 32.2 Å². The van der Waals surface area contributed by atoms with Crippen molar-refractivity contribution in [1.82, 2.24) is 15.0 Å². The molecule has 6 nitrogen and oxygen atoms in total. The van der Waals surface area contributed by atoms with Gasteiger partial charge in [-0.05, 0) is 38.5 Å². The molecule has 2 N–H and O–H groups in total. The van der Waals surface area contributed by atoms with E-state index in [1.54, 1.807) is 6.33 Å². The van der Waals surface area contributed by atoms with Gasteiger partial charge in [0, 0.05) is 12.1 Å². The number of fused-ring (bicyclic) bond motifs is 1. The minimum atomic E-state index is 0.00735. The first-order valence-electron chi connectivity index (χ1n) is 7.79. The minimum Gasteiger partial charge on any atom is -0.494 e. The maximum absolute atomic E-state index is 5.85. The summed E-state index contributed by atoms with van der Waals surface area (Å²) in [6, 6.07) is 3.87. The number of rotatable bonds is 0. The zero-order chi connectivity index (χ0) is 16.2. The number of pyridine rings is 1. The summed E-state index contributed by atoms with van der Waals surface area (Å²) in [5.41, 5.74) is 2.49. The third-order valence-corrected chi connectivity index (χ3v) is 3.82. The van der Waals surface area contributed by atoms with Crippen molar-refractivity contribution in [2.45, 2.75) is 26.3 Å². The molecule has 23 heavy (non-hydrogen) atoms. The van der Waals surface area contributed by atoms with Gasteiger partial charge in [-0.1, -0.05) is 6.58 Å². The number of ether oxygens (including phenoxy) is 1. The third kappa shape index (κ3) is 3.26. The van der Waals surface area contributed by atoms with Gasteiger partial charge in [0.15, 0.2) is 5.82 Å². The summed E-state index contributed by atoms with van der Waals surface area (Å²) in [6.07, 6.45) is 4.36. The van der Waals surface area contributed by atoms with E-state index in [1.165, 1.54) is 0 Å². The molecule has 0 aromatic carbocycles. The van der Waals surface area contributed by atoms with Gasteiger partial charge in [0.1, 0.15) is 23.4 Å². The Bertz CT molecular complexity index is 756. The number of anilines is 2. The normalized spacial score (nSPS) is 20.9. The predicted molar refractivity (Wildman–Crippen MR) is 92.4 cm³/mol. The van der Waals surface area contributed by atoms with Crippen LogP contribution in [0.4, 0.5) is 11.6 Å². The minimum absolute atomic E-state index is 0.00735. The van der Waals surface area contributed by atoms with Crippen LogP contribution in [0, 0.1) is 0 Å². The second-order valence-corrected chi connectivity index (χ2v) is 5.46. The van der Waals surface area contributed by atoms with Gasteiger partial charge >= 0.3 is 0 Å². The van der Waals surface area contributed by atoms with Gasteiger partial charge in [0.2, 0.25) is 0 Å². The number of nitrogens with one attached hydrogen (secondary N) is 2. The van der Waals surface area contributed by atoms with Crippen LogP contribution in [0.5, 0.6) is 0 Å². The zero-order valence-corrected chi connectivity index (χ0v) is 13.5. The Morgan fingerprint density at radius 1 is 1.35 bits per heavy atom. The summed E-state index contributed by atoms with van der Waals surface area (Å²) >= 11 is 0. The molecule has 0 saturated carbocycles. The summed E-state index contributed by atoms with van der Waals surface area (Å²) in [6.45, 7) is 9.53. The van der Waals surface area contributed by atoms with Crippen molar-refractivity contribution in [2.24, 2.45) is 0 Å². The number of hydrogen-bond donors (Lipinski definition) is 2. The van der Waals surface area contributed by atoms with Crippen LogP contribution < -0.4 is 10.6 Å². The van der Waals surface area contributed by atoms with Crippen molar-refractivity contribution in [3.8, 4) is 0 Å². The molecule has 0 aliphatic carbocycles. The van der Waals surface area contributed by atoms with Crippen molar-refractivity contribution in [2.75, 3.05) is 23.8 Å². The molecule has 2 aromatic heterocycles. The maximum Gasteiger partial charge on any atom is 0.156 e. The average Bonchev–Trinajstić information content (AvgIpc) is 2.57. The highest BCUT2D eigenvalue weighted by molar-refractivity contribution is 5.86. The van der Waals surface area contributed by atoms with Gasteiger partial charge < -0.3 is 15.4 Å². The molecule has 2 aromatic rings. The topological polar surface area (TPSA) is 72.0 Å². The molecule has 3 rings (SSSR count). The summed E-state index contributed by atoms with van der Waals surface area (Å²) in [5.74, 6) is 2.33. The molecule has 3 heterocycles. The van der Waals surface area contributed by atoms with E-state index in [0.717, 1.165) is 47.0 Å². The molecule has 1 atom stereocenters. The van der Waals surface area contributed by atoms with E-state index in [4.69, 9.17) is 4.74 Å². The molecule has 6 heteroatoms. The van der Waals surface area contributed by atoms with Crippen LogP contribution >= 0.6 is 0 Å². The summed E-state index contributed by atoms with van der Waals surface area (Å²) in [4.78, 5) is 13.2. The van der Waals surface area contributed by atoms with Gasteiger partial charge in [-0.25, -0.2) is 15.0 Å². The number of aromatic nitrogens is 3. The Hall–Kier alpha value is -2.63. The molecule has 0 amide bonds. The van der Waals surface area contributed by atoms with Crippen LogP contribution in [0.15, 0.2) is 42.4 Å². The van der Waals surface area contributed by atoms with E-state index in [1.807, 2.05) is 32.1 Å². The van der Waals surface area contributed by atoms with E-state index in [9.17, 15) is 0 Å². The molecule has 2 bridgehead atoms. The first-order chi connectivity index (χ1) is 11.2. The number of allylic oxidation sites excluding steroid dienone is 1. The fourth-order valence-electron chi connectivity index (χ4n) is 2.49. The van der Waals surface area contributed by atoms with Gasteiger partial charge in [0.05, 0.1) is 18.2 Å². The number of hydrogen-bond acceptors (Lipinski definition) is 6. The SMILES string of the molecule is C=C1/C(=C\C)OCCCNc2ncnc3ccc(nc23)N[C@@H]1C. The van der Waals surface area contributed by atoms with E-state index in [-0.39, 0.29) is 6.04 Å². The van der Waals surface area contributed by atoms with E-state index in [0.29, 0.717) is 6.61 Å². The Kier molecular flexibility index (Phi) is 4.41. The standard InChI is InChI=1S/C17H21N5O/c1-4-14-11(2)12(3)21-15-7-6-13-16(22-15)17(20-10-19-13)18-8-5-9-23-14/h4,6-7,10,12H,2,5,8-9H2,1,3H3,(H,21,22)(H,18,19,20)/b14-4+/t12-/m1/s1. The Morgan fingerprint density at radius 2 is 2.22 bits per heavy atom. The molecule has 0 radical (unpaired) electrons. The lowest BCUT2D eigenvalue weighted by molar-refractivity contribution is 0.216. The van der Waals surface area contributed by atoms with Crippen molar-refractivity contribution < 1.29 is 4.74 Å². The molecule has 0 saturated heterocycles. The first kappa shape index (κ1) is 15.3. The summed E-state index contributed by atoms with van der Waals surface area (Å²) in [5, 5.41) is 6.67. The summed E-state index contributed by atoms with van der Waals surface area (Å²) < 4.78 is 5.85. The smallest absolute Gasteiger partial charge is 0.156 e.